The van der Waals surface area contributed by atoms with Crippen LogP contribution in [-0.2, 0) is 21.7 Å². The van der Waals surface area contributed by atoms with Crippen LogP contribution in [0.4, 0.5) is 0 Å². The van der Waals surface area contributed by atoms with Gasteiger partial charge in [0.15, 0.2) is 5.78 Å². The summed E-state index contributed by atoms with van der Waals surface area (Å²) in [5.74, 6) is 0.238. The normalized spacial score (nSPS) is 19.3. The SMILES string of the molecule is CC(=O)c1ccc(C2(c3ccc(C(=O)Oc4ccc5c(c4)C4(CC(C)(C)c6ccc(C)cc64)CC5(C)C)cc3)c3ccccc3-c3ccccc32)cc1. The molecule has 3 aliphatic carbocycles. The van der Waals surface area contributed by atoms with Gasteiger partial charge in [0.25, 0.3) is 0 Å². The average Bonchev–Trinajstić information content (AvgIpc) is 3.66. The zero-order valence-electron chi connectivity index (χ0n) is 31.3. The summed E-state index contributed by atoms with van der Waals surface area (Å²) in [6.45, 7) is 13.2. The number of hydrogen-bond donors (Lipinski definition) is 0. The van der Waals surface area contributed by atoms with E-state index in [0.717, 1.165) is 24.0 Å². The minimum absolute atomic E-state index is 0.00500. The van der Waals surface area contributed by atoms with E-state index in [1.54, 1.807) is 6.92 Å². The monoisotopic (exact) mass is 692 g/mol. The first kappa shape index (κ1) is 33.3. The van der Waals surface area contributed by atoms with E-state index in [1.165, 1.54) is 50.1 Å². The summed E-state index contributed by atoms with van der Waals surface area (Å²) in [7, 11) is 0. The van der Waals surface area contributed by atoms with Gasteiger partial charge in [0.1, 0.15) is 5.75 Å². The Morgan fingerprint density at radius 1 is 0.528 bits per heavy atom. The molecule has 0 radical (unpaired) electrons. The maximum Gasteiger partial charge on any atom is 0.343 e. The third-order valence-electron chi connectivity index (χ3n) is 12.6. The van der Waals surface area contributed by atoms with Crippen molar-refractivity contribution in [2.24, 2.45) is 0 Å². The summed E-state index contributed by atoms with van der Waals surface area (Å²) in [4.78, 5) is 26.2. The van der Waals surface area contributed by atoms with Gasteiger partial charge in [-0.05, 0) is 117 Å². The highest BCUT2D eigenvalue weighted by Gasteiger charge is 2.56. The number of esters is 1. The number of rotatable bonds is 5. The van der Waals surface area contributed by atoms with Gasteiger partial charge in [-0.2, -0.15) is 0 Å². The molecule has 0 N–H and O–H groups in total. The quantitative estimate of drug-likeness (QED) is 0.102. The molecule has 0 amide bonds. The van der Waals surface area contributed by atoms with Crippen molar-refractivity contribution in [1.82, 2.24) is 0 Å². The maximum atomic E-state index is 13.9. The molecule has 0 aliphatic heterocycles. The molecule has 0 saturated heterocycles. The molecule has 0 heterocycles. The van der Waals surface area contributed by atoms with Crippen molar-refractivity contribution in [3.63, 3.8) is 0 Å². The molecule has 9 rings (SSSR count). The molecule has 53 heavy (non-hydrogen) atoms. The Bertz CT molecular complexity index is 2430. The first-order valence-electron chi connectivity index (χ1n) is 18.8. The summed E-state index contributed by atoms with van der Waals surface area (Å²) in [5, 5.41) is 0. The average molecular weight is 693 g/mol. The molecule has 6 aromatic rings. The second-order valence-corrected chi connectivity index (χ2v) is 16.9. The van der Waals surface area contributed by atoms with Gasteiger partial charge in [-0.15, -0.1) is 0 Å². The number of carbonyl (C=O) groups is 2. The number of Topliss-reactive ketones (excluding diaryl/α,β-unsaturated/α-hetero) is 1. The van der Waals surface area contributed by atoms with Crippen LogP contribution in [0.25, 0.3) is 11.1 Å². The molecule has 0 fully saturated rings. The molecular weight excluding hydrogens is 649 g/mol. The van der Waals surface area contributed by atoms with Crippen molar-refractivity contribution < 1.29 is 14.3 Å². The van der Waals surface area contributed by atoms with Crippen molar-refractivity contribution in [1.29, 1.82) is 0 Å². The summed E-state index contributed by atoms with van der Waals surface area (Å²) in [6.07, 6.45) is 2.05. The smallest absolute Gasteiger partial charge is 0.343 e. The molecule has 6 aromatic carbocycles. The van der Waals surface area contributed by atoms with Gasteiger partial charge in [-0.1, -0.05) is 142 Å². The van der Waals surface area contributed by atoms with E-state index in [0.29, 0.717) is 16.9 Å². The molecule has 3 aliphatic rings. The molecule has 1 spiro atoms. The summed E-state index contributed by atoms with van der Waals surface area (Å²) < 4.78 is 6.21. The van der Waals surface area contributed by atoms with Crippen LogP contribution in [0.15, 0.2) is 133 Å². The summed E-state index contributed by atoms with van der Waals surface area (Å²) in [5.41, 5.74) is 14.0. The Kier molecular flexibility index (Phi) is 7.21. The van der Waals surface area contributed by atoms with Gasteiger partial charge < -0.3 is 4.74 Å². The van der Waals surface area contributed by atoms with Gasteiger partial charge >= 0.3 is 5.97 Å². The van der Waals surface area contributed by atoms with Crippen molar-refractivity contribution in [3.05, 3.63) is 195 Å². The highest BCUT2D eigenvalue weighted by molar-refractivity contribution is 5.95. The fourth-order valence-electron chi connectivity index (χ4n) is 10.5. The van der Waals surface area contributed by atoms with Crippen molar-refractivity contribution in [2.75, 3.05) is 0 Å². The van der Waals surface area contributed by atoms with E-state index in [-0.39, 0.29) is 28.0 Å². The molecule has 1 atom stereocenters. The van der Waals surface area contributed by atoms with E-state index in [4.69, 9.17) is 4.74 Å². The number of hydrogen-bond acceptors (Lipinski definition) is 3. The summed E-state index contributed by atoms with van der Waals surface area (Å²) >= 11 is 0. The first-order valence-corrected chi connectivity index (χ1v) is 18.8. The number of ether oxygens (including phenoxy) is 1. The molecule has 3 nitrogen and oxygen atoms in total. The van der Waals surface area contributed by atoms with Crippen molar-refractivity contribution in [3.8, 4) is 16.9 Å². The zero-order chi connectivity index (χ0) is 36.9. The van der Waals surface area contributed by atoms with E-state index < -0.39 is 5.41 Å². The first-order chi connectivity index (χ1) is 25.3. The second-order valence-electron chi connectivity index (χ2n) is 16.9. The lowest BCUT2D eigenvalue weighted by atomic mass is 9.67. The third kappa shape index (κ3) is 4.79. The zero-order valence-corrected chi connectivity index (χ0v) is 31.3. The van der Waals surface area contributed by atoms with E-state index in [1.807, 2.05) is 30.3 Å². The Morgan fingerprint density at radius 2 is 1.02 bits per heavy atom. The van der Waals surface area contributed by atoms with E-state index in [2.05, 4.69) is 138 Å². The van der Waals surface area contributed by atoms with Gasteiger partial charge in [0, 0.05) is 11.0 Å². The van der Waals surface area contributed by atoms with Crippen LogP contribution in [0, 0.1) is 6.92 Å². The molecular formula is C50H44O3. The predicted octanol–water partition coefficient (Wildman–Crippen LogP) is 11.4. The number of benzene rings is 6. The molecule has 0 saturated carbocycles. The van der Waals surface area contributed by atoms with Crippen molar-refractivity contribution in [2.45, 2.75) is 76.0 Å². The standard InChI is InChI=1S/C50H44O3/c1-31-15-25-42-44(27-31)49(29-47(42,3)4)30-48(5,6)43-26-24-37(28-45(43)49)53-46(52)34-18-22-36(23-19-34)50(35-20-16-33(17-21-35)32(2)51)40-13-9-7-11-38(40)39-12-8-10-14-41(39)50/h7-28H,29-30H2,1-6H3. The minimum atomic E-state index is -0.629. The van der Waals surface area contributed by atoms with Crippen LogP contribution in [-0.4, -0.2) is 11.8 Å². The van der Waals surface area contributed by atoms with Crippen molar-refractivity contribution >= 4 is 11.8 Å². The lowest BCUT2D eigenvalue weighted by Crippen LogP contribution is -2.28. The van der Waals surface area contributed by atoms with Crippen LogP contribution >= 0.6 is 0 Å². The number of ketones is 1. The Balaban J connectivity index is 1.09. The second kappa shape index (κ2) is 11.5. The molecule has 262 valence electrons. The lowest BCUT2D eigenvalue weighted by Gasteiger charge is -2.34. The van der Waals surface area contributed by atoms with Gasteiger partial charge in [0.2, 0.25) is 0 Å². The van der Waals surface area contributed by atoms with Crippen LogP contribution in [0.5, 0.6) is 5.75 Å². The number of fused-ring (bicyclic) bond motifs is 7. The maximum absolute atomic E-state index is 13.9. The van der Waals surface area contributed by atoms with Crippen LogP contribution < -0.4 is 4.74 Å². The Labute approximate surface area is 312 Å². The predicted molar refractivity (Wildman–Crippen MR) is 212 cm³/mol. The van der Waals surface area contributed by atoms with E-state index in [9.17, 15) is 9.59 Å². The third-order valence-corrected chi connectivity index (χ3v) is 12.6. The van der Waals surface area contributed by atoms with E-state index >= 15 is 0 Å². The fraction of sp³-hybridized carbons (Fsp3) is 0.240. The number of carbonyl (C=O) groups excluding carboxylic acids is 2. The molecule has 1 unspecified atom stereocenters. The van der Waals surface area contributed by atoms with Crippen LogP contribution in [0.1, 0.15) is 118 Å². The molecule has 0 bridgehead atoms. The van der Waals surface area contributed by atoms with Gasteiger partial charge in [-0.3, -0.25) is 4.79 Å². The highest BCUT2D eigenvalue weighted by Crippen LogP contribution is 2.63. The largest absolute Gasteiger partial charge is 0.423 e. The van der Waals surface area contributed by atoms with Gasteiger partial charge in [-0.25, -0.2) is 4.79 Å². The lowest BCUT2D eigenvalue weighted by molar-refractivity contribution is 0.0734. The van der Waals surface area contributed by atoms with Crippen LogP contribution in [0.2, 0.25) is 0 Å². The van der Waals surface area contributed by atoms with Gasteiger partial charge in [0.05, 0.1) is 11.0 Å². The Morgan fingerprint density at radius 3 is 1.57 bits per heavy atom. The van der Waals surface area contributed by atoms with Crippen LogP contribution in [0.3, 0.4) is 0 Å². The Hall–Kier alpha value is -5.54. The minimum Gasteiger partial charge on any atom is -0.423 e. The fourth-order valence-corrected chi connectivity index (χ4v) is 10.5. The highest BCUT2D eigenvalue weighted by atomic mass is 16.5. The molecule has 3 heteroatoms. The number of aryl methyl sites for hydroxylation is 1. The molecule has 0 aromatic heterocycles. The topological polar surface area (TPSA) is 43.4 Å². The summed E-state index contributed by atoms with van der Waals surface area (Å²) in [6, 6.07) is 46.2.